The Morgan fingerprint density at radius 3 is 2.85 bits per heavy atom. The Morgan fingerprint density at radius 1 is 1.35 bits per heavy atom. The van der Waals surface area contributed by atoms with Crippen molar-refractivity contribution >= 4 is 34.1 Å². The summed E-state index contributed by atoms with van der Waals surface area (Å²) in [5.41, 5.74) is 10.4. The molecule has 3 aromatic rings. The SMILES string of the molecule is CN=C(/C=C\N)c1cc(C)nc2c(OCc3c(Cl)cncc3CNC(=O)C(C)NC)cccc12. The second kappa shape index (κ2) is 11.6. The van der Waals surface area contributed by atoms with Gasteiger partial charge in [0.1, 0.15) is 17.9 Å². The summed E-state index contributed by atoms with van der Waals surface area (Å²) in [7, 11) is 3.46. The molecule has 0 spiro atoms. The number of halogens is 1. The largest absolute Gasteiger partial charge is 0.487 e. The van der Waals surface area contributed by atoms with E-state index in [4.69, 9.17) is 27.1 Å². The van der Waals surface area contributed by atoms with Crippen LogP contribution in [0, 0.1) is 6.92 Å². The third-order valence-electron chi connectivity index (χ3n) is 5.45. The number of carbonyl (C=O) groups is 1. The third-order valence-corrected chi connectivity index (χ3v) is 5.77. The van der Waals surface area contributed by atoms with Crippen LogP contribution in [-0.2, 0) is 17.9 Å². The first kappa shape index (κ1) is 25.1. The van der Waals surface area contributed by atoms with Crippen LogP contribution >= 0.6 is 11.6 Å². The first-order valence-corrected chi connectivity index (χ1v) is 11.2. The first-order valence-electron chi connectivity index (χ1n) is 10.8. The van der Waals surface area contributed by atoms with Crippen molar-refractivity contribution in [3.8, 4) is 5.75 Å². The van der Waals surface area contributed by atoms with Crippen molar-refractivity contribution in [3.63, 3.8) is 0 Å². The molecule has 1 amide bonds. The van der Waals surface area contributed by atoms with Crippen LogP contribution in [0.2, 0.25) is 5.02 Å². The van der Waals surface area contributed by atoms with Crippen molar-refractivity contribution in [1.82, 2.24) is 20.6 Å². The molecule has 4 N–H and O–H groups in total. The summed E-state index contributed by atoms with van der Waals surface area (Å²) in [6.45, 7) is 4.19. The molecule has 0 saturated heterocycles. The summed E-state index contributed by atoms with van der Waals surface area (Å²) in [4.78, 5) is 25.4. The highest BCUT2D eigenvalue weighted by atomic mass is 35.5. The number of hydrogen-bond acceptors (Lipinski definition) is 7. The highest BCUT2D eigenvalue weighted by Crippen LogP contribution is 2.29. The molecule has 0 saturated carbocycles. The van der Waals surface area contributed by atoms with Crippen molar-refractivity contribution in [2.45, 2.75) is 33.0 Å². The predicted octanol–water partition coefficient (Wildman–Crippen LogP) is 3.29. The van der Waals surface area contributed by atoms with Crippen molar-refractivity contribution in [1.29, 1.82) is 0 Å². The van der Waals surface area contributed by atoms with Gasteiger partial charge in [-0.1, -0.05) is 23.7 Å². The lowest BCUT2D eigenvalue weighted by Crippen LogP contribution is -2.40. The molecule has 2 heterocycles. The number of aliphatic imine (C=N–C) groups is 1. The minimum atomic E-state index is -0.309. The van der Waals surface area contributed by atoms with E-state index in [0.717, 1.165) is 33.5 Å². The van der Waals surface area contributed by atoms with Gasteiger partial charge < -0.3 is 21.1 Å². The minimum absolute atomic E-state index is 0.115. The van der Waals surface area contributed by atoms with Crippen LogP contribution in [-0.4, -0.2) is 41.7 Å². The number of fused-ring (bicyclic) bond motifs is 1. The molecule has 0 aliphatic rings. The Kier molecular flexibility index (Phi) is 8.56. The van der Waals surface area contributed by atoms with Crippen LogP contribution < -0.4 is 21.1 Å². The number of likely N-dealkylation sites (N-methyl/N-ethyl adjacent to an activating group) is 1. The number of allylic oxidation sites excluding steroid dienone is 1. The third kappa shape index (κ3) is 5.70. The second-order valence-corrected chi connectivity index (χ2v) is 8.11. The number of nitrogens with one attached hydrogen (secondary N) is 2. The molecular formula is C25H29ClN6O2. The van der Waals surface area contributed by atoms with Crippen LogP contribution in [0.25, 0.3) is 10.9 Å². The normalized spacial score (nSPS) is 12.8. The molecule has 8 nitrogen and oxygen atoms in total. The maximum Gasteiger partial charge on any atom is 0.237 e. The molecule has 2 aromatic heterocycles. The Bertz CT molecular complexity index is 1240. The zero-order chi connectivity index (χ0) is 24.7. The zero-order valence-electron chi connectivity index (χ0n) is 19.7. The zero-order valence-corrected chi connectivity index (χ0v) is 20.5. The summed E-state index contributed by atoms with van der Waals surface area (Å²) in [5, 5.41) is 7.17. The Hall–Kier alpha value is -3.49. The molecule has 0 aliphatic heterocycles. The summed E-state index contributed by atoms with van der Waals surface area (Å²) in [6, 6.07) is 7.41. The number of nitrogens with zero attached hydrogens (tertiary/aromatic N) is 3. The van der Waals surface area contributed by atoms with Crippen LogP contribution in [0.15, 0.2) is 53.9 Å². The summed E-state index contributed by atoms with van der Waals surface area (Å²) >= 11 is 6.45. The number of carbonyl (C=O) groups excluding carboxylic acids is 1. The fourth-order valence-electron chi connectivity index (χ4n) is 3.49. The molecule has 1 aromatic carbocycles. The Labute approximate surface area is 204 Å². The van der Waals surface area contributed by atoms with Crippen molar-refractivity contribution < 1.29 is 9.53 Å². The maximum absolute atomic E-state index is 12.2. The molecule has 0 bridgehead atoms. The highest BCUT2D eigenvalue weighted by Gasteiger charge is 2.15. The van der Waals surface area contributed by atoms with E-state index in [0.29, 0.717) is 16.3 Å². The van der Waals surface area contributed by atoms with Gasteiger partial charge in [-0.05, 0) is 50.9 Å². The van der Waals surface area contributed by atoms with E-state index in [9.17, 15) is 4.79 Å². The topological polar surface area (TPSA) is 115 Å². The number of rotatable bonds is 9. The molecular weight excluding hydrogens is 452 g/mol. The lowest BCUT2D eigenvalue weighted by Gasteiger charge is -2.16. The standard InChI is InChI=1S/C25H29ClN6O2/c1-15-10-19(22(29-4)8-9-27)18-6-5-7-23(24(18)32-15)34-14-20-17(11-30-13-21(20)26)12-31-25(33)16(2)28-3/h5-11,13,16,28H,12,14,27H2,1-4H3,(H,31,33)/b9-8-,29-22?. The van der Waals surface area contributed by atoms with Crippen molar-refractivity contribution in [2.24, 2.45) is 10.7 Å². The lowest BCUT2D eigenvalue weighted by atomic mass is 10.0. The van der Waals surface area contributed by atoms with Gasteiger partial charge in [0.2, 0.25) is 5.91 Å². The van der Waals surface area contributed by atoms with E-state index in [2.05, 4.69) is 20.6 Å². The average Bonchev–Trinajstić information content (AvgIpc) is 2.84. The fraction of sp³-hybridized carbons (Fsp3) is 0.280. The molecule has 0 fully saturated rings. The van der Waals surface area contributed by atoms with Crippen LogP contribution in [0.5, 0.6) is 5.75 Å². The van der Waals surface area contributed by atoms with Crippen LogP contribution in [0.1, 0.15) is 29.3 Å². The number of nitrogens with two attached hydrogens (primary N) is 1. The second-order valence-electron chi connectivity index (χ2n) is 7.71. The van der Waals surface area contributed by atoms with E-state index < -0.39 is 0 Å². The number of pyridine rings is 2. The molecule has 1 atom stereocenters. The quantitative estimate of drug-likeness (QED) is 0.405. The van der Waals surface area contributed by atoms with Crippen molar-refractivity contribution in [3.05, 3.63) is 76.3 Å². The van der Waals surface area contributed by atoms with Gasteiger partial charge in [-0.15, -0.1) is 0 Å². The first-order chi connectivity index (χ1) is 16.4. The van der Waals surface area contributed by atoms with E-state index in [1.54, 1.807) is 39.5 Å². The number of aromatic nitrogens is 2. The molecule has 3 rings (SSSR count). The smallest absolute Gasteiger partial charge is 0.237 e. The Balaban J connectivity index is 1.92. The monoisotopic (exact) mass is 480 g/mol. The van der Waals surface area contributed by atoms with Gasteiger partial charge in [-0.3, -0.25) is 14.8 Å². The van der Waals surface area contributed by atoms with Gasteiger partial charge in [0, 0.05) is 48.2 Å². The number of ether oxygens (including phenoxy) is 1. The number of para-hydroxylation sites is 1. The highest BCUT2D eigenvalue weighted by molar-refractivity contribution is 6.31. The van der Waals surface area contributed by atoms with Gasteiger partial charge in [0.15, 0.2) is 0 Å². The molecule has 9 heteroatoms. The number of aryl methyl sites for hydroxylation is 1. The number of amides is 1. The Morgan fingerprint density at radius 2 is 2.15 bits per heavy atom. The van der Waals surface area contributed by atoms with Gasteiger partial charge in [0.25, 0.3) is 0 Å². The van der Waals surface area contributed by atoms with Crippen molar-refractivity contribution in [2.75, 3.05) is 14.1 Å². The summed E-state index contributed by atoms with van der Waals surface area (Å²) in [6.07, 6.45) is 6.47. The van der Waals surface area contributed by atoms with Gasteiger partial charge >= 0.3 is 0 Å². The summed E-state index contributed by atoms with van der Waals surface area (Å²) in [5.74, 6) is 0.497. The lowest BCUT2D eigenvalue weighted by molar-refractivity contribution is -0.122. The molecule has 34 heavy (non-hydrogen) atoms. The van der Waals surface area contributed by atoms with E-state index in [-0.39, 0.29) is 25.1 Å². The molecule has 0 aliphatic carbocycles. The van der Waals surface area contributed by atoms with E-state index in [1.165, 1.54) is 6.20 Å². The number of benzene rings is 1. The van der Waals surface area contributed by atoms with Crippen LogP contribution in [0.4, 0.5) is 0 Å². The van der Waals surface area contributed by atoms with E-state index in [1.807, 2.05) is 31.2 Å². The number of hydrogen-bond donors (Lipinski definition) is 3. The van der Waals surface area contributed by atoms with Gasteiger partial charge in [-0.2, -0.15) is 0 Å². The van der Waals surface area contributed by atoms with Crippen LogP contribution in [0.3, 0.4) is 0 Å². The average molecular weight is 481 g/mol. The van der Waals surface area contributed by atoms with Gasteiger partial charge in [0.05, 0.1) is 16.8 Å². The summed E-state index contributed by atoms with van der Waals surface area (Å²) < 4.78 is 6.20. The molecule has 0 radical (unpaired) electrons. The van der Waals surface area contributed by atoms with Gasteiger partial charge in [-0.25, -0.2) is 4.98 Å². The maximum atomic E-state index is 12.2. The predicted molar refractivity (Wildman–Crippen MR) is 136 cm³/mol. The van der Waals surface area contributed by atoms with E-state index >= 15 is 0 Å². The minimum Gasteiger partial charge on any atom is -0.487 e. The molecule has 1 unspecified atom stereocenters. The fourth-order valence-corrected chi connectivity index (χ4v) is 3.72. The molecule has 178 valence electrons.